The molecule has 0 heterocycles. The molecule has 0 aromatic heterocycles. The summed E-state index contributed by atoms with van der Waals surface area (Å²) in [6.07, 6.45) is 1.66. The molecule has 1 N–H and O–H groups in total. The van der Waals surface area contributed by atoms with Crippen molar-refractivity contribution in [2.75, 3.05) is 6.54 Å². The van der Waals surface area contributed by atoms with Gasteiger partial charge in [-0.25, -0.2) is 4.84 Å². The second kappa shape index (κ2) is 3.90. The number of nitrogens with one attached hydrogen (secondary N) is 1. The van der Waals surface area contributed by atoms with Crippen LogP contribution >= 0.6 is 11.8 Å². The second-order valence-corrected chi connectivity index (χ2v) is 1.44. The molecule has 0 radical (unpaired) electrons. The molecule has 40 valence electrons. The third-order valence-electron chi connectivity index (χ3n) is 0.583. The zero-order valence-electron chi connectivity index (χ0n) is 4.08. The van der Waals surface area contributed by atoms with Gasteiger partial charge in [-0.05, 0) is 17.3 Å². The van der Waals surface area contributed by atoms with Crippen molar-refractivity contribution in [2.24, 2.45) is 0 Å². The molecule has 0 aliphatic rings. The zero-order valence-corrected chi connectivity index (χ0v) is 4.83. The maximum Gasteiger partial charge on any atom is 0.0353 e. The average molecular weight is 118 g/mol. The van der Waals surface area contributed by atoms with Crippen molar-refractivity contribution in [3.63, 3.8) is 0 Å². The molecule has 0 spiro atoms. The molecule has 0 aromatic carbocycles. The molecule has 0 aliphatic heterocycles. The van der Waals surface area contributed by atoms with Gasteiger partial charge in [-0.3, -0.25) is 0 Å². The Bertz CT molecular complexity index is 78.1. The van der Waals surface area contributed by atoms with Crippen molar-refractivity contribution in [3.05, 3.63) is 24.8 Å². The molecule has 0 amide bonds. The third kappa shape index (κ3) is 3.56. The highest BCUT2D eigenvalue weighted by molar-refractivity contribution is 6.13. The van der Waals surface area contributed by atoms with Crippen LogP contribution in [0.4, 0.5) is 0 Å². The van der Waals surface area contributed by atoms with Crippen LogP contribution in [-0.2, 0) is 0 Å². The highest BCUT2D eigenvalue weighted by atomic mass is 35.5. The van der Waals surface area contributed by atoms with Crippen LogP contribution in [0.3, 0.4) is 0 Å². The van der Waals surface area contributed by atoms with Gasteiger partial charge < -0.3 is 0 Å². The molecule has 0 aliphatic carbocycles. The third-order valence-corrected chi connectivity index (χ3v) is 0.716. The lowest BCUT2D eigenvalue weighted by Crippen LogP contribution is -2.00. The number of hydrogen-bond donors (Lipinski definition) is 1. The zero-order chi connectivity index (χ0) is 5.70. The topological polar surface area (TPSA) is 12.0 Å². The lowest BCUT2D eigenvalue weighted by atomic mass is 10.3. The Morgan fingerprint density at radius 2 is 2.43 bits per heavy atom. The summed E-state index contributed by atoms with van der Waals surface area (Å²) in [5.74, 6) is 0. The Morgan fingerprint density at radius 1 is 1.86 bits per heavy atom. The summed E-state index contributed by atoms with van der Waals surface area (Å²) in [4.78, 5) is 2.42. The quantitative estimate of drug-likeness (QED) is 0.436. The highest BCUT2D eigenvalue weighted by Crippen LogP contribution is 1.85. The predicted molar refractivity (Wildman–Crippen MR) is 33.2 cm³/mol. The fraction of sp³-hybridized carbons (Fsp3) is 0.200. The summed E-state index contributed by atoms with van der Waals surface area (Å²) in [5.41, 5.74) is 0.898. The summed E-state index contributed by atoms with van der Waals surface area (Å²) in [5, 5.41) is 0. The number of rotatable bonds is 3. The summed E-state index contributed by atoms with van der Waals surface area (Å²) < 4.78 is 0. The molecule has 0 atom stereocenters. The van der Waals surface area contributed by atoms with Crippen molar-refractivity contribution >= 4 is 11.8 Å². The maximum atomic E-state index is 5.12. The van der Waals surface area contributed by atoms with E-state index in [2.05, 4.69) is 18.0 Å². The highest BCUT2D eigenvalue weighted by Gasteiger charge is 1.79. The first-order chi connectivity index (χ1) is 3.31. The first kappa shape index (κ1) is 6.73. The van der Waals surface area contributed by atoms with Gasteiger partial charge in [0.2, 0.25) is 0 Å². The lowest BCUT2D eigenvalue weighted by Gasteiger charge is -1.90. The number of hydrogen-bond acceptors (Lipinski definition) is 1. The monoisotopic (exact) mass is 117 g/mol. The van der Waals surface area contributed by atoms with E-state index in [4.69, 9.17) is 11.8 Å². The molecule has 0 saturated carbocycles. The average Bonchev–Trinajstić information content (AvgIpc) is 1.68. The maximum absolute atomic E-state index is 5.12. The molecule has 0 fully saturated rings. The fourth-order valence-electron chi connectivity index (χ4n) is 0.158. The van der Waals surface area contributed by atoms with Gasteiger partial charge in [0, 0.05) is 6.54 Å². The van der Waals surface area contributed by atoms with Crippen molar-refractivity contribution in [1.82, 2.24) is 4.84 Å². The van der Waals surface area contributed by atoms with E-state index in [1.165, 1.54) is 0 Å². The van der Waals surface area contributed by atoms with E-state index in [0.29, 0.717) is 6.54 Å². The van der Waals surface area contributed by atoms with Crippen molar-refractivity contribution < 1.29 is 0 Å². The van der Waals surface area contributed by atoms with Crippen LogP contribution in [0.1, 0.15) is 0 Å². The van der Waals surface area contributed by atoms with Crippen LogP contribution in [0.5, 0.6) is 0 Å². The molecular weight excluding hydrogens is 110 g/mol. The van der Waals surface area contributed by atoms with Crippen LogP contribution in [0.25, 0.3) is 0 Å². The summed E-state index contributed by atoms with van der Waals surface area (Å²) in [7, 11) is 0. The van der Waals surface area contributed by atoms with E-state index in [1.54, 1.807) is 6.08 Å². The molecule has 0 aromatic rings. The fourth-order valence-corrected chi connectivity index (χ4v) is 0.330. The Morgan fingerprint density at radius 3 is 2.57 bits per heavy atom. The Balaban J connectivity index is 3.17. The molecule has 7 heavy (non-hydrogen) atoms. The van der Waals surface area contributed by atoms with Gasteiger partial charge in [-0.15, -0.1) is 0 Å². The van der Waals surface area contributed by atoms with Gasteiger partial charge in [-0.1, -0.05) is 19.2 Å². The van der Waals surface area contributed by atoms with E-state index in [9.17, 15) is 0 Å². The van der Waals surface area contributed by atoms with E-state index in [-0.39, 0.29) is 0 Å². The van der Waals surface area contributed by atoms with Gasteiger partial charge in [0.05, 0.1) is 0 Å². The minimum atomic E-state index is 0.602. The van der Waals surface area contributed by atoms with Crippen LogP contribution in [-0.4, -0.2) is 6.54 Å². The summed E-state index contributed by atoms with van der Waals surface area (Å²) in [6, 6.07) is 0. The van der Waals surface area contributed by atoms with Crippen molar-refractivity contribution in [3.8, 4) is 0 Å². The van der Waals surface area contributed by atoms with Crippen molar-refractivity contribution in [2.45, 2.75) is 0 Å². The first-order valence-electron chi connectivity index (χ1n) is 1.95. The van der Waals surface area contributed by atoms with Crippen LogP contribution < -0.4 is 4.84 Å². The standard InChI is InChI=1S/C5H8ClN/c1-3-5(2)4-7-6/h3,7H,1-2,4H2. The summed E-state index contributed by atoms with van der Waals surface area (Å²) >= 11 is 5.12. The molecule has 1 nitrogen and oxygen atoms in total. The van der Waals surface area contributed by atoms with Gasteiger partial charge in [-0.2, -0.15) is 0 Å². The number of halogens is 1. The normalized spacial score (nSPS) is 8.14. The van der Waals surface area contributed by atoms with Crippen LogP contribution in [0.2, 0.25) is 0 Å². The molecule has 2 heteroatoms. The van der Waals surface area contributed by atoms with Gasteiger partial charge in [0.25, 0.3) is 0 Å². The molecule has 0 unspecified atom stereocenters. The predicted octanol–water partition coefficient (Wildman–Crippen LogP) is 1.47. The van der Waals surface area contributed by atoms with Crippen LogP contribution in [0, 0.1) is 0 Å². The molecule has 0 bridgehead atoms. The largest absolute Gasteiger partial charge is 0.229 e. The SMILES string of the molecule is C=CC(=C)CNCl. The van der Waals surface area contributed by atoms with Crippen molar-refractivity contribution in [1.29, 1.82) is 0 Å². The van der Waals surface area contributed by atoms with Gasteiger partial charge >= 0.3 is 0 Å². The minimum absolute atomic E-state index is 0.602. The van der Waals surface area contributed by atoms with E-state index >= 15 is 0 Å². The minimum Gasteiger partial charge on any atom is -0.229 e. The van der Waals surface area contributed by atoms with Gasteiger partial charge in [0.1, 0.15) is 0 Å². The smallest absolute Gasteiger partial charge is 0.0353 e. The Hall–Kier alpha value is -0.270. The molecule has 0 rings (SSSR count). The lowest BCUT2D eigenvalue weighted by molar-refractivity contribution is 1.07. The van der Waals surface area contributed by atoms with Gasteiger partial charge in [0.15, 0.2) is 0 Å². The van der Waals surface area contributed by atoms with Crippen LogP contribution in [0.15, 0.2) is 24.8 Å². The van der Waals surface area contributed by atoms with E-state index in [1.807, 2.05) is 0 Å². The first-order valence-corrected chi connectivity index (χ1v) is 2.32. The Kier molecular flexibility index (Phi) is 3.75. The van der Waals surface area contributed by atoms with E-state index in [0.717, 1.165) is 5.57 Å². The second-order valence-electron chi connectivity index (χ2n) is 1.17. The Labute approximate surface area is 48.8 Å². The molecule has 0 saturated heterocycles. The summed E-state index contributed by atoms with van der Waals surface area (Å²) in [6.45, 7) is 7.68. The van der Waals surface area contributed by atoms with E-state index < -0.39 is 0 Å². The molecular formula is C5H8ClN.